The van der Waals surface area contributed by atoms with Crippen LogP contribution in [0.3, 0.4) is 0 Å². The second-order valence-electron chi connectivity index (χ2n) is 4.03. The Morgan fingerprint density at radius 2 is 2.33 bits per heavy atom. The summed E-state index contributed by atoms with van der Waals surface area (Å²) in [5.41, 5.74) is -0.150. The van der Waals surface area contributed by atoms with Crippen LogP contribution < -0.4 is 0 Å². The number of ether oxygens (including phenoxy) is 1. The van der Waals surface area contributed by atoms with E-state index >= 15 is 0 Å². The largest absolute Gasteiger partial charge is 0.394 e. The molecule has 0 spiro atoms. The van der Waals surface area contributed by atoms with Gasteiger partial charge in [0.25, 0.3) is 0 Å². The van der Waals surface area contributed by atoms with E-state index in [0.717, 1.165) is 5.17 Å². The lowest BCUT2D eigenvalue weighted by Crippen LogP contribution is -2.45. The summed E-state index contributed by atoms with van der Waals surface area (Å²) in [6.45, 7) is -0.0435. The lowest BCUT2D eigenvalue weighted by molar-refractivity contribution is -0.0875. The van der Waals surface area contributed by atoms with E-state index in [2.05, 4.69) is 4.99 Å². The van der Waals surface area contributed by atoms with E-state index in [1.807, 2.05) is 19.0 Å². The Kier molecular flexibility index (Phi) is 3.20. The van der Waals surface area contributed by atoms with Crippen molar-refractivity contribution >= 4 is 16.9 Å². The van der Waals surface area contributed by atoms with Crippen LogP contribution in [0.25, 0.3) is 0 Å². The Hall–Kier alpha value is -0.300. The summed E-state index contributed by atoms with van der Waals surface area (Å²) in [6, 6.07) is -0.185. The SMILES string of the molecule is CN(C)C1=NC2C(O[C@H](CO)C[C@@H]2O)S1. The van der Waals surface area contributed by atoms with E-state index in [4.69, 9.17) is 9.84 Å². The first-order chi connectivity index (χ1) is 7.11. The van der Waals surface area contributed by atoms with Crippen molar-refractivity contribution in [2.45, 2.75) is 30.1 Å². The summed E-state index contributed by atoms with van der Waals surface area (Å²) in [4.78, 5) is 6.32. The summed E-state index contributed by atoms with van der Waals surface area (Å²) >= 11 is 1.51. The molecule has 5 nitrogen and oxygen atoms in total. The maximum absolute atomic E-state index is 9.85. The minimum atomic E-state index is -0.508. The molecule has 0 saturated carbocycles. The predicted molar refractivity (Wildman–Crippen MR) is 58.9 cm³/mol. The summed E-state index contributed by atoms with van der Waals surface area (Å²) in [5, 5.41) is 19.7. The molecule has 2 unspecified atom stereocenters. The molecule has 0 bridgehead atoms. The maximum Gasteiger partial charge on any atom is 0.161 e. The quantitative estimate of drug-likeness (QED) is 0.637. The van der Waals surface area contributed by atoms with Gasteiger partial charge in [-0.3, -0.25) is 4.99 Å². The van der Waals surface area contributed by atoms with Crippen LogP contribution in [0, 0.1) is 0 Å². The van der Waals surface area contributed by atoms with Gasteiger partial charge in [-0.2, -0.15) is 0 Å². The highest BCUT2D eigenvalue weighted by Crippen LogP contribution is 2.36. The predicted octanol–water partition coefficient (Wildman–Crippen LogP) is -0.512. The van der Waals surface area contributed by atoms with Gasteiger partial charge in [0.05, 0.1) is 18.8 Å². The van der Waals surface area contributed by atoms with Gasteiger partial charge < -0.3 is 19.8 Å². The lowest BCUT2D eigenvalue weighted by atomic mass is 10.0. The molecule has 1 saturated heterocycles. The normalized spacial score (nSPS) is 39.9. The van der Waals surface area contributed by atoms with Gasteiger partial charge in [-0.15, -0.1) is 0 Å². The first-order valence-electron chi connectivity index (χ1n) is 4.98. The molecule has 0 aromatic heterocycles. The van der Waals surface area contributed by atoms with E-state index < -0.39 is 6.10 Å². The second kappa shape index (κ2) is 4.29. The first kappa shape index (κ1) is 11.2. The van der Waals surface area contributed by atoms with Crippen LogP contribution in [0.15, 0.2) is 4.99 Å². The van der Waals surface area contributed by atoms with Crippen LogP contribution in [0.2, 0.25) is 0 Å². The molecule has 0 radical (unpaired) electrons. The van der Waals surface area contributed by atoms with Crippen molar-refractivity contribution < 1.29 is 14.9 Å². The second-order valence-corrected chi connectivity index (χ2v) is 5.09. The molecule has 2 aliphatic heterocycles. The fraction of sp³-hybridized carbons (Fsp3) is 0.889. The number of hydrogen-bond donors (Lipinski definition) is 2. The summed E-state index contributed by atoms with van der Waals surface area (Å²) in [7, 11) is 3.83. The van der Waals surface area contributed by atoms with Crippen LogP contribution in [0.1, 0.15) is 6.42 Å². The van der Waals surface area contributed by atoms with Gasteiger partial charge >= 0.3 is 0 Å². The van der Waals surface area contributed by atoms with Crippen LogP contribution in [-0.2, 0) is 4.74 Å². The third-order valence-corrected chi connectivity index (χ3v) is 3.87. The number of thioether (sulfide) groups is 1. The summed E-state index contributed by atoms with van der Waals surface area (Å²) < 4.78 is 5.62. The Bertz CT molecular complexity index is 272. The molecule has 0 aromatic rings. The zero-order valence-corrected chi connectivity index (χ0v) is 9.65. The Morgan fingerprint density at radius 3 is 2.93 bits per heavy atom. The molecule has 15 heavy (non-hydrogen) atoms. The molecule has 2 aliphatic rings. The highest BCUT2D eigenvalue weighted by atomic mass is 32.2. The molecule has 2 rings (SSSR count). The van der Waals surface area contributed by atoms with Gasteiger partial charge in [-0.05, 0) is 0 Å². The Morgan fingerprint density at radius 1 is 1.60 bits per heavy atom. The number of nitrogens with zero attached hydrogens (tertiary/aromatic N) is 2. The average molecular weight is 232 g/mol. The molecule has 6 heteroatoms. The number of rotatable bonds is 1. The van der Waals surface area contributed by atoms with Crippen LogP contribution in [-0.4, -0.2) is 64.7 Å². The fourth-order valence-corrected chi connectivity index (χ4v) is 2.96. The number of hydrogen-bond acceptors (Lipinski definition) is 6. The molecule has 0 amide bonds. The molecule has 86 valence electrons. The van der Waals surface area contributed by atoms with E-state index in [0.29, 0.717) is 6.42 Å². The minimum Gasteiger partial charge on any atom is -0.394 e. The molecular formula is C9H16N2O3S. The van der Waals surface area contributed by atoms with Gasteiger partial charge in [-0.1, -0.05) is 11.8 Å². The van der Waals surface area contributed by atoms with E-state index in [1.54, 1.807) is 0 Å². The fourth-order valence-electron chi connectivity index (χ4n) is 1.76. The lowest BCUT2D eigenvalue weighted by Gasteiger charge is -2.33. The molecule has 0 aromatic carbocycles. The molecular weight excluding hydrogens is 216 g/mol. The number of aliphatic hydroxyl groups excluding tert-OH is 2. The number of amidine groups is 1. The third-order valence-electron chi connectivity index (χ3n) is 2.57. The monoisotopic (exact) mass is 232 g/mol. The smallest absolute Gasteiger partial charge is 0.161 e. The highest BCUT2D eigenvalue weighted by molar-refractivity contribution is 8.14. The topological polar surface area (TPSA) is 65.3 Å². The summed E-state index contributed by atoms with van der Waals surface area (Å²) in [6.07, 6.45) is -0.307. The zero-order chi connectivity index (χ0) is 11.0. The van der Waals surface area contributed by atoms with E-state index in [1.165, 1.54) is 11.8 Å². The van der Waals surface area contributed by atoms with Gasteiger partial charge in [-0.25, -0.2) is 0 Å². The number of aliphatic hydroxyl groups is 2. The minimum absolute atomic E-state index is 0.0435. The van der Waals surface area contributed by atoms with Crippen molar-refractivity contribution in [3.05, 3.63) is 0 Å². The summed E-state index contributed by atoms with van der Waals surface area (Å²) in [5.74, 6) is 0. The molecule has 1 fully saturated rings. The molecule has 2 N–H and O–H groups in total. The van der Waals surface area contributed by atoms with Crippen LogP contribution >= 0.6 is 11.8 Å². The standard InChI is InChI=1S/C9H16N2O3S/c1-11(2)9-10-7-6(13)3-5(4-12)14-8(7)15-9/h5-8,12-13H,3-4H2,1-2H3/t5-,6-,7?,8?/m0/s1. The van der Waals surface area contributed by atoms with Gasteiger partial charge in [0.2, 0.25) is 0 Å². The van der Waals surface area contributed by atoms with Gasteiger partial charge in [0.15, 0.2) is 5.17 Å². The van der Waals surface area contributed by atoms with Crippen molar-refractivity contribution in [1.82, 2.24) is 4.90 Å². The Labute approximate surface area is 93.1 Å². The average Bonchev–Trinajstić information content (AvgIpc) is 2.61. The van der Waals surface area contributed by atoms with Crippen LogP contribution in [0.5, 0.6) is 0 Å². The number of aliphatic imine (C=N–C) groups is 1. The number of fused-ring (bicyclic) bond motifs is 1. The van der Waals surface area contributed by atoms with Gasteiger partial charge in [0.1, 0.15) is 11.5 Å². The molecule has 2 heterocycles. The van der Waals surface area contributed by atoms with E-state index in [9.17, 15) is 5.11 Å². The highest BCUT2D eigenvalue weighted by Gasteiger charge is 2.43. The first-order valence-corrected chi connectivity index (χ1v) is 5.86. The maximum atomic E-state index is 9.85. The van der Waals surface area contributed by atoms with Crippen molar-refractivity contribution in [1.29, 1.82) is 0 Å². The van der Waals surface area contributed by atoms with Gasteiger partial charge in [0, 0.05) is 20.5 Å². The molecule has 0 aliphatic carbocycles. The Balaban J connectivity index is 2.07. The third kappa shape index (κ3) is 2.13. The van der Waals surface area contributed by atoms with E-state index in [-0.39, 0.29) is 24.2 Å². The van der Waals surface area contributed by atoms with Crippen molar-refractivity contribution in [2.75, 3.05) is 20.7 Å². The van der Waals surface area contributed by atoms with Crippen molar-refractivity contribution in [3.63, 3.8) is 0 Å². The van der Waals surface area contributed by atoms with Crippen molar-refractivity contribution in [2.24, 2.45) is 4.99 Å². The van der Waals surface area contributed by atoms with Crippen molar-refractivity contribution in [3.8, 4) is 0 Å². The molecule has 4 atom stereocenters. The zero-order valence-electron chi connectivity index (χ0n) is 8.83. The van der Waals surface area contributed by atoms with Crippen LogP contribution in [0.4, 0.5) is 0 Å².